The van der Waals surface area contributed by atoms with Gasteiger partial charge in [0.05, 0.1) is 0 Å². The van der Waals surface area contributed by atoms with E-state index in [1.165, 1.54) is 32.1 Å². The van der Waals surface area contributed by atoms with Crippen molar-refractivity contribution in [3.63, 3.8) is 0 Å². The van der Waals surface area contributed by atoms with Crippen LogP contribution in [0.1, 0.15) is 85.5 Å². The molecule has 0 N–H and O–H groups in total. The molecule has 0 amide bonds. The van der Waals surface area contributed by atoms with Gasteiger partial charge in [-0.1, -0.05) is 13.8 Å². The number of ketones is 1. The highest BCUT2D eigenvalue weighted by Gasteiger charge is 2.61. The smallest absolute Gasteiger partial charge is 0.433 e. The van der Waals surface area contributed by atoms with Crippen LogP contribution in [0, 0.1) is 40.4 Å². The topological polar surface area (TPSA) is 55.8 Å². The van der Waals surface area contributed by atoms with Crippen LogP contribution in [0.4, 0.5) is 4.79 Å². The quantitative estimate of drug-likeness (QED) is 0.505. The number of carbonyl (C=O) groups excluding carboxylic acids is 2. The summed E-state index contributed by atoms with van der Waals surface area (Å²) in [4.78, 5) is 26.7. The van der Waals surface area contributed by atoms with Gasteiger partial charge in [0, 0.05) is 12.5 Å². The molecule has 0 heterocycles. The fourth-order valence-corrected chi connectivity index (χ4v) is 8.72. The van der Waals surface area contributed by atoms with Crippen molar-refractivity contribution in [1.82, 2.24) is 4.90 Å². The first-order valence-corrected chi connectivity index (χ1v) is 13.0. The third-order valence-corrected chi connectivity index (χ3v) is 10.5. The minimum Gasteiger partial charge on any atom is -0.433 e. The van der Waals surface area contributed by atoms with Gasteiger partial charge in [-0.2, -0.15) is 0 Å². The number of hydrogen-bond donors (Lipinski definition) is 0. The van der Waals surface area contributed by atoms with Crippen LogP contribution in [0.5, 0.6) is 0 Å². The lowest BCUT2D eigenvalue weighted by Gasteiger charge is -2.62. The molecular weight excluding hydrogens is 402 g/mol. The van der Waals surface area contributed by atoms with Gasteiger partial charge >= 0.3 is 6.16 Å². The second-order valence-electron chi connectivity index (χ2n) is 12.6. The maximum Gasteiger partial charge on any atom is 0.508 e. The Morgan fingerprint density at radius 1 is 0.906 bits per heavy atom. The summed E-state index contributed by atoms with van der Waals surface area (Å²) < 4.78 is 11.2. The lowest BCUT2D eigenvalue weighted by molar-refractivity contribution is -0.155. The standard InChI is InChI=1S/C27H45NO4/c1-18(29)21-9-10-22-20-8-7-19-17-25(2,32-24(30)31-16-15-28(5)6)13-14-26(19,3)23(20)11-12-27(21,22)4/h19-23H,7-17H2,1-6H3/t19-,20-,21+,22-,23-,25+,26-,27+/m0/s1. The van der Waals surface area contributed by atoms with Crippen molar-refractivity contribution in [3.05, 3.63) is 0 Å². The predicted octanol–water partition coefficient (Wildman–Crippen LogP) is 5.71. The molecule has 5 heteroatoms. The van der Waals surface area contributed by atoms with Crippen molar-refractivity contribution in [3.8, 4) is 0 Å². The molecule has 4 aliphatic rings. The van der Waals surface area contributed by atoms with Crippen LogP contribution >= 0.6 is 0 Å². The van der Waals surface area contributed by atoms with E-state index in [-0.39, 0.29) is 11.3 Å². The summed E-state index contributed by atoms with van der Waals surface area (Å²) in [5, 5.41) is 0. The maximum absolute atomic E-state index is 12.4. The highest BCUT2D eigenvalue weighted by atomic mass is 16.7. The van der Waals surface area contributed by atoms with Crippen LogP contribution in [0.15, 0.2) is 0 Å². The van der Waals surface area contributed by atoms with Crippen molar-refractivity contribution in [2.24, 2.45) is 40.4 Å². The predicted molar refractivity (Wildman–Crippen MR) is 125 cm³/mol. The Hall–Kier alpha value is -1.10. The molecule has 4 saturated carbocycles. The molecule has 4 aliphatic carbocycles. The molecule has 4 rings (SSSR count). The van der Waals surface area contributed by atoms with E-state index >= 15 is 0 Å². The second kappa shape index (κ2) is 8.60. The van der Waals surface area contributed by atoms with E-state index in [4.69, 9.17) is 9.47 Å². The van der Waals surface area contributed by atoms with E-state index in [2.05, 4.69) is 20.8 Å². The first-order chi connectivity index (χ1) is 15.0. The molecule has 0 aliphatic heterocycles. The minimum absolute atomic E-state index is 0.221. The zero-order valence-electron chi connectivity index (χ0n) is 21.2. The first kappa shape index (κ1) is 24.0. The Morgan fingerprint density at radius 3 is 2.31 bits per heavy atom. The third kappa shape index (κ3) is 4.12. The van der Waals surface area contributed by atoms with Crippen LogP contribution in [0.3, 0.4) is 0 Å². The number of Topliss-reactive ketones (excluding diaryl/α,β-unsaturated/α-hetero) is 1. The van der Waals surface area contributed by atoms with Gasteiger partial charge in [0.2, 0.25) is 0 Å². The number of nitrogens with zero attached hydrogens (tertiary/aromatic N) is 1. The van der Waals surface area contributed by atoms with Gasteiger partial charge in [-0.25, -0.2) is 4.79 Å². The minimum atomic E-state index is -0.513. The van der Waals surface area contributed by atoms with Crippen molar-refractivity contribution in [2.45, 2.75) is 91.1 Å². The highest BCUT2D eigenvalue weighted by molar-refractivity contribution is 5.79. The largest absolute Gasteiger partial charge is 0.508 e. The normalized spacial score (nSPS) is 45.5. The molecule has 8 atom stereocenters. The SMILES string of the molecule is CC(=O)[C@H]1CC[C@H]2[C@@H]3CC[C@H]4C[C@](C)(OC(=O)OCCN(C)C)CC[C@]4(C)[C@H]3CC[C@]12C. The number of hydrogen-bond acceptors (Lipinski definition) is 5. The highest BCUT2D eigenvalue weighted by Crippen LogP contribution is 2.68. The van der Waals surface area contributed by atoms with Gasteiger partial charge in [-0.3, -0.25) is 4.79 Å². The zero-order chi connectivity index (χ0) is 23.3. The summed E-state index contributed by atoms with van der Waals surface area (Å²) >= 11 is 0. The molecule has 0 aromatic rings. The van der Waals surface area contributed by atoms with Gasteiger partial charge < -0.3 is 14.4 Å². The van der Waals surface area contributed by atoms with Crippen LogP contribution in [0.25, 0.3) is 0 Å². The Labute approximate surface area is 195 Å². The molecule has 0 bridgehead atoms. The molecular formula is C27H45NO4. The number of rotatable bonds is 5. The molecule has 0 saturated heterocycles. The van der Waals surface area contributed by atoms with E-state index in [0.29, 0.717) is 36.2 Å². The van der Waals surface area contributed by atoms with Crippen molar-refractivity contribution >= 4 is 11.9 Å². The zero-order valence-corrected chi connectivity index (χ0v) is 21.2. The Kier molecular flexibility index (Phi) is 6.46. The average Bonchev–Trinajstić information content (AvgIpc) is 3.05. The van der Waals surface area contributed by atoms with Crippen LogP contribution < -0.4 is 0 Å². The fourth-order valence-electron chi connectivity index (χ4n) is 8.72. The van der Waals surface area contributed by atoms with Crippen molar-refractivity contribution in [2.75, 3.05) is 27.2 Å². The lowest BCUT2D eigenvalue weighted by atomic mass is 9.44. The number of fused-ring (bicyclic) bond motifs is 5. The van der Waals surface area contributed by atoms with Crippen LogP contribution in [-0.2, 0) is 14.3 Å². The Balaban J connectivity index is 1.42. The Morgan fingerprint density at radius 2 is 1.62 bits per heavy atom. The number of ether oxygens (including phenoxy) is 2. The summed E-state index contributed by atoms with van der Waals surface area (Å²) in [6.45, 7) is 9.96. The van der Waals surface area contributed by atoms with E-state index < -0.39 is 11.8 Å². The van der Waals surface area contributed by atoms with Gasteiger partial charge in [-0.05, 0) is 120 Å². The lowest BCUT2D eigenvalue weighted by Crippen LogP contribution is -2.56. The van der Waals surface area contributed by atoms with E-state index in [1.54, 1.807) is 0 Å². The van der Waals surface area contributed by atoms with Crippen molar-refractivity contribution < 1.29 is 19.1 Å². The van der Waals surface area contributed by atoms with Crippen LogP contribution in [-0.4, -0.2) is 49.7 Å². The molecule has 4 fully saturated rings. The summed E-state index contributed by atoms with van der Waals surface area (Å²) in [5.41, 5.74) is 0.136. The van der Waals surface area contributed by atoms with Gasteiger partial charge in [0.25, 0.3) is 0 Å². The summed E-state index contributed by atoms with van der Waals surface area (Å²) in [6.07, 6.45) is 9.79. The fraction of sp³-hybridized carbons (Fsp3) is 0.926. The number of carbonyl (C=O) groups is 2. The number of likely N-dealkylation sites (N-methyl/N-ethyl adjacent to an activating group) is 1. The molecule has 0 spiro atoms. The summed E-state index contributed by atoms with van der Waals surface area (Å²) in [7, 11) is 3.93. The third-order valence-electron chi connectivity index (χ3n) is 10.5. The second-order valence-corrected chi connectivity index (χ2v) is 12.6. The monoisotopic (exact) mass is 447 g/mol. The molecule has 0 aromatic heterocycles. The average molecular weight is 448 g/mol. The van der Waals surface area contributed by atoms with Crippen LogP contribution in [0.2, 0.25) is 0 Å². The van der Waals surface area contributed by atoms with Gasteiger partial charge in [0.1, 0.15) is 18.0 Å². The summed E-state index contributed by atoms with van der Waals surface area (Å²) in [6, 6.07) is 0. The molecule has 0 aromatic carbocycles. The molecule has 182 valence electrons. The Bertz CT molecular complexity index is 737. The van der Waals surface area contributed by atoms with Gasteiger partial charge in [0.15, 0.2) is 0 Å². The maximum atomic E-state index is 12.4. The molecule has 5 nitrogen and oxygen atoms in total. The van der Waals surface area contributed by atoms with Gasteiger partial charge in [-0.15, -0.1) is 0 Å². The van der Waals surface area contributed by atoms with E-state index in [9.17, 15) is 9.59 Å². The summed E-state index contributed by atoms with van der Waals surface area (Å²) in [5.74, 6) is 3.52. The van der Waals surface area contributed by atoms with E-state index in [1.807, 2.05) is 25.9 Å². The molecule has 32 heavy (non-hydrogen) atoms. The van der Waals surface area contributed by atoms with Crippen molar-refractivity contribution in [1.29, 1.82) is 0 Å². The first-order valence-electron chi connectivity index (χ1n) is 13.0. The molecule has 0 unspecified atom stereocenters. The van der Waals surface area contributed by atoms with E-state index in [0.717, 1.165) is 37.5 Å². The molecule has 0 radical (unpaired) electrons.